The van der Waals surface area contributed by atoms with E-state index in [-0.39, 0.29) is 0 Å². The molecule has 2 atom stereocenters. The summed E-state index contributed by atoms with van der Waals surface area (Å²) < 4.78 is 6.04. The monoisotopic (exact) mass is 345 g/mol. The first-order valence-corrected chi connectivity index (χ1v) is 8.56. The first-order valence-electron chi connectivity index (χ1n) is 8.56. The number of fused-ring (bicyclic) bond motifs is 1. The average molecular weight is 345 g/mol. The summed E-state index contributed by atoms with van der Waals surface area (Å²) in [6.45, 7) is 0.343. The lowest BCUT2D eigenvalue weighted by molar-refractivity contribution is 0.0629. The number of hydrogen-bond donors (Lipinski definition) is 1. The molecule has 4 heteroatoms. The van der Waals surface area contributed by atoms with Crippen molar-refractivity contribution in [1.29, 1.82) is 0 Å². The molecule has 1 aliphatic rings. The Morgan fingerprint density at radius 1 is 0.846 bits per heavy atom. The summed E-state index contributed by atoms with van der Waals surface area (Å²) in [6.07, 6.45) is -1.44. The molecule has 1 unspecified atom stereocenters. The van der Waals surface area contributed by atoms with Crippen molar-refractivity contribution < 1.29 is 14.7 Å². The summed E-state index contributed by atoms with van der Waals surface area (Å²) in [5.74, 6) is 0.689. The van der Waals surface area contributed by atoms with Crippen LogP contribution in [0.2, 0.25) is 0 Å². The minimum absolute atomic E-state index is 0.343. The minimum atomic E-state index is -0.914. The average Bonchev–Trinajstić information content (AvgIpc) is 2.71. The molecule has 26 heavy (non-hydrogen) atoms. The summed E-state index contributed by atoms with van der Waals surface area (Å²) in [7, 11) is 0. The Kier molecular flexibility index (Phi) is 4.67. The Morgan fingerprint density at radius 3 is 2.27 bits per heavy atom. The maximum Gasteiger partial charge on any atom is 0.155 e. The Bertz CT molecular complexity index is 894. The molecule has 4 rings (SSSR count). The molecule has 0 bridgehead atoms. The van der Waals surface area contributed by atoms with Gasteiger partial charge < -0.3 is 14.7 Å². The quantitative estimate of drug-likeness (QED) is 0.724. The van der Waals surface area contributed by atoms with Gasteiger partial charge in [-0.1, -0.05) is 78.0 Å². The number of para-hydroxylation sites is 1. The van der Waals surface area contributed by atoms with Crippen LogP contribution in [0.25, 0.3) is 0 Å². The Labute approximate surface area is 152 Å². The van der Waals surface area contributed by atoms with E-state index in [0.717, 1.165) is 16.7 Å². The van der Waals surface area contributed by atoms with Gasteiger partial charge in [0.05, 0.1) is 0 Å². The van der Waals surface area contributed by atoms with Gasteiger partial charge in [0, 0.05) is 5.56 Å². The van der Waals surface area contributed by atoms with Gasteiger partial charge in [0.15, 0.2) is 6.10 Å². The van der Waals surface area contributed by atoms with Gasteiger partial charge in [-0.05, 0) is 23.3 Å². The predicted molar refractivity (Wildman–Crippen MR) is 100 cm³/mol. The number of hydrogen-bond acceptors (Lipinski definition) is 4. The molecular formula is C22H19NO3. The third kappa shape index (κ3) is 3.32. The second-order valence-electron chi connectivity index (χ2n) is 6.13. The van der Waals surface area contributed by atoms with Crippen molar-refractivity contribution in [3.05, 3.63) is 102 Å². The SMILES string of the molecule is O[C@H]1/C(=N\OCc2ccccc2)c2ccccc2OC1c1ccccc1. The lowest BCUT2D eigenvalue weighted by Crippen LogP contribution is -2.37. The standard InChI is InChI=1S/C22H19NO3/c24-21-20(23-25-15-16-9-3-1-4-10-16)18-13-7-8-14-19(18)26-22(21)17-11-5-2-6-12-17/h1-14,21-22,24H,15H2/b23-20-/t21-,22?/m0/s1. The van der Waals surface area contributed by atoms with Crippen LogP contribution in [0.3, 0.4) is 0 Å². The molecule has 3 aromatic rings. The Balaban J connectivity index is 1.64. The number of aliphatic hydroxyl groups excluding tert-OH is 1. The van der Waals surface area contributed by atoms with Crippen molar-refractivity contribution in [1.82, 2.24) is 0 Å². The summed E-state index contributed by atoms with van der Waals surface area (Å²) in [4.78, 5) is 5.54. The molecule has 1 aliphatic heterocycles. The van der Waals surface area contributed by atoms with Crippen molar-refractivity contribution in [3.63, 3.8) is 0 Å². The smallest absolute Gasteiger partial charge is 0.155 e. The normalized spacial score (nSPS) is 20.3. The van der Waals surface area contributed by atoms with Crippen LogP contribution in [-0.2, 0) is 11.4 Å². The molecule has 0 aliphatic carbocycles. The highest BCUT2D eigenvalue weighted by molar-refractivity contribution is 6.06. The lowest BCUT2D eigenvalue weighted by Gasteiger charge is -2.31. The van der Waals surface area contributed by atoms with Crippen molar-refractivity contribution >= 4 is 5.71 Å². The summed E-state index contributed by atoms with van der Waals surface area (Å²) in [5, 5.41) is 15.2. The topological polar surface area (TPSA) is 51.1 Å². The number of benzene rings is 3. The highest BCUT2D eigenvalue weighted by Gasteiger charge is 2.35. The number of aliphatic hydroxyl groups is 1. The Morgan fingerprint density at radius 2 is 1.50 bits per heavy atom. The maximum atomic E-state index is 10.9. The highest BCUT2D eigenvalue weighted by atomic mass is 16.6. The molecule has 1 heterocycles. The van der Waals surface area contributed by atoms with Gasteiger partial charge in [0.1, 0.15) is 24.2 Å². The van der Waals surface area contributed by atoms with E-state index >= 15 is 0 Å². The fraction of sp³-hybridized carbons (Fsp3) is 0.136. The van der Waals surface area contributed by atoms with Gasteiger partial charge in [-0.3, -0.25) is 0 Å². The zero-order valence-corrected chi connectivity index (χ0v) is 14.2. The van der Waals surface area contributed by atoms with E-state index in [1.165, 1.54) is 0 Å². The molecule has 0 aromatic heterocycles. The zero-order valence-electron chi connectivity index (χ0n) is 14.2. The second kappa shape index (κ2) is 7.42. The number of nitrogens with zero attached hydrogens (tertiary/aromatic N) is 1. The van der Waals surface area contributed by atoms with Gasteiger partial charge in [-0.2, -0.15) is 0 Å². The maximum absolute atomic E-state index is 10.9. The van der Waals surface area contributed by atoms with Gasteiger partial charge in [-0.25, -0.2) is 0 Å². The fourth-order valence-corrected chi connectivity index (χ4v) is 3.03. The van der Waals surface area contributed by atoms with Crippen LogP contribution >= 0.6 is 0 Å². The van der Waals surface area contributed by atoms with E-state index in [4.69, 9.17) is 9.57 Å². The first-order chi connectivity index (χ1) is 12.8. The first kappa shape index (κ1) is 16.4. The van der Waals surface area contributed by atoms with Crippen LogP contribution in [0.1, 0.15) is 22.8 Å². The van der Waals surface area contributed by atoms with Crippen LogP contribution in [0.5, 0.6) is 5.75 Å². The lowest BCUT2D eigenvalue weighted by atomic mass is 9.93. The van der Waals surface area contributed by atoms with Crippen LogP contribution < -0.4 is 4.74 Å². The summed E-state index contributed by atoms with van der Waals surface area (Å²) in [5.41, 5.74) is 3.15. The second-order valence-corrected chi connectivity index (χ2v) is 6.13. The molecule has 3 aromatic carbocycles. The van der Waals surface area contributed by atoms with E-state index in [1.807, 2.05) is 84.9 Å². The van der Waals surface area contributed by atoms with E-state index in [0.29, 0.717) is 18.1 Å². The van der Waals surface area contributed by atoms with Gasteiger partial charge in [0.25, 0.3) is 0 Å². The van der Waals surface area contributed by atoms with Crippen LogP contribution in [0, 0.1) is 0 Å². The van der Waals surface area contributed by atoms with E-state index in [9.17, 15) is 5.11 Å². The fourth-order valence-electron chi connectivity index (χ4n) is 3.03. The molecule has 0 spiro atoms. The molecule has 0 radical (unpaired) electrons. The Hall–Kier alpha value is -3.11. The number of ether oxygens (including phenoxy) is 1. The number of oxime groups is 1. The summed E-state index contributed by atoms with van der Waals surface area (Å²) >= 11 is 0. The highest BCUT2D eigenvalue weighted by Crippen LogP contribution is 2.35. The van der Waals surface area contributed by atoms with Crippen LogP contribution in [-0.4, -0.2) is 16.9 Å². The molecule has 0 fully saturated rings. The van der Waals surface area contributed by atoms with E-state index < -0.39 is 12.2 Å². The molecule has 130 valence electrons. The van der Waals surface area contributed by atoms with Gasteiger partial charge in [0.2, 0.25) is 0 Å². The zero-order chi connectivity index (χ0) is 17.8. The molecular weight excluding hydrogens is 326 g/mol. The van der Waals surface area contributed by atoms with Crippen molar-refractivity contribution in [2.24, 2.45) is 5.16 Å². The van der Waals surface area contributed by atoms with Crippen molar-refractivity contribution in [2.45, 2.75) is 18.8 Å². The molecule has 0 saturated carbocycles. The van der Waals surface area contributed by atoms with E-state index in [1.54, 1.807) is 0 Å². The third-order valence-electron chi connectivity index (χ3n) is 4.35. The molecule has 4 nitrogen and oxygen atoms in total. The summed E-state index contributed by atoms with van der Waals surface area (Å²) in [6, 6.07) is 27.0. The minimum Gasteiger partial charge on any atom is -0.482 e. The van der Waals surface area contributed by atoms with E-state index in [2.05, 4.69) is 5.16 Å². The third-order valence-corrected chi connectivity index (χ3v) is 4.35. The van der Waals surface area contributed by atoms with Crippen LogP contribution in [0.4, 0.5) is 0 Å². The van der Waals surface area contributed by atoms with Gasteiger partial charge in [-0.15, -0.1) is 0 Å². The molecule has 1 N–H and O–H groups in total. The van der Waals surface area contributed by atoms with Gasteiger partial charge >= 0.3 is 0 Å². The predicted octanol–water partition coefficient (Wildman–Crippen LogP) is 4.10. The van der Waals surface area contributed by atoms with Crippen molar-refractivity contribution in [2.75, 3.05) is 0 Å². The van der Waals surface area contributed by atoms with Crippen molar-refractivity contribution in [3.8, 4) is 5.75 Å². The molecule has 0 amide bonds. The number of rotatable bonds is 4. The molecule has 0 saturated heterocycles. The largest absolute Gasteiger partial charge is 0.482 e. The van der Waals surface area contributed by atoms with Crippen LogP contribution in [0.15, 0.2) is 90.1 Å².